The Balaban J connectivity index is 1.57. The minimum absolute atomic E-state index is 0.0675. The Bertz CT molecular complexity index is 663. The Morgan fingerprint density at radius 2 is 2.04 bits per heavy atom. The molecule has 6 nitrogen and oxygen atoms in total. The van der Waals surface area contributed by atoms with Gasteiger partial charge in [-0.2, -0.15) is 0 Å². The molecule has 0 amide bonds. The molecule has 0 atom stereocenters. The first kappa shape index (κ1) is 16.5. The molecule has 128 valence electrons. The quantitative estimate of drug-likeness (QED) is 0.716. The maximum atomic E-state index is 11.6. The zero-order valence-electron chi connectivity index (χ0n) is 13.5. The molecule has 0 spiro atoms. The molecule has 1 heterocycles. The van der Waals surface area contributed by atoms with Crippen molar-refractivity contribution in [3.05, 3.63) is 35.9 Å². The number of rotatable bonds is 8. The maximum Gasteiger partial charge on any atom is 0.343 e. The third-order valence-corrected chi connectivity index (χ3v) is 4.21. The third-order valence-electron chi connectivity index (χ3n) is 4.21. The van der Waals surface area contributed by atoms with Gasteiger partial charge >= 0.3 is 5.97 Å². The van der Waals surface area contributed by atoms with Gasteiger partial charge < -0.3 is 19.7 Å². The van der Waals surface area contributed by atoms with Crippen LogP contribution >= 0.6 is 0 Å². The number of nitrogens with one attached hydrogen (secondary N) is 1. The van der Waals surface area contributed by atoms with Crippen LogP contribution in [0.25, 0.3) is 11.3 Å². The van der Waals surface area contributed by atoms with E-state index in [1.54, 1.807) is 12.1 Å². The highest BCUT2D eigenvalue weighted by molar-refractivity contribution is 5.99. The summed E-state index contributed by atoms with van der Waals surface area (Å²) in [5.74, 6) is -0.519. The molecular weight excluding hydrogens is 308 g/mol. The van der Waals surface area contributed by atoms with Crippen LogP contribution < -0.4 is 5.32 Å². The van der Waals surface area contributed by atoms with Crippen LogP contribution in [0.1, 0.15) is 42.5 Å². The van der Waals surface area contributed by atoms with Crippen molar-refractivity contribution in [1.29, 1.82) is 0 Å². The predicted octanol–water partition coefficient (Wildman–Crippen LogP) is 3.80. The van der Waals surface area contributed by atoms with E-state index in [0.717, 1.165) is 19.3 Å². The molecule has 2 N–H and O–H groups in total. The predicted molar refractivity (Wildman–Crippen MR) is 90.2 cm³/mol. The van der Waals surface area contributed by atoms with E-state index in [0.29, 0.717) is 24.8 Å². The van der Waals surface area contributed by atoms with Crippen molar-refractivity contribution >= 4 is 11.8 Å². The van der Waals surface area contributed by atoms with E-state index in [4.69, 9.17) is 9.26 Å². The number of nitrogens with zero attached hydrogens (tertiary/aromatic N) is 1. The Morgan fingerprint density at radius 3 is 2.75 bits per heavy atom. The summed E-state index contributed by atoms with van der Waals surface area (Å²) in [6.45, 7) is 1.26. The SMILES string of the molecule is O=C(O)c1c(NCCCOC2CCCC2)noc1-c1ccccc1. The number of anilines is 1. The van der Waals surface area contributed by atoms with Crippen LogP contribution in [-0.2, 0) is 4.74 Å². The van der Waals surface area contributed by atoms with E-state index in [2.05, 4.69) is 10.5 Å². The number of carboxylic acid groups (broad SMARTS) is 1. The normalized spacial score (nSPS) is 14.8. The Hall–Kier alpha value is -2.34. The number of aromatic carboxylic acids is 1. The van der Waals surface area contributed by atoms with E-state index < -0.39 is 5.97 Å². The van der Waals surface area contributed by atoms with Crippen molar-refractivity contribution in [3.8, 4) is 11.3 Å². The molecule has 1 aromatic heterocycles. The van der Waals surface area contributed by atoms with Crippen molar-refractivity contribution in [1.82, 2.24) is 5.16 Å². The van der Waals surface area contributed by atoms with Crippen molar-refractivity contribution in [2.45, 2.75) is 38.2 Å². The van der Waals surface area contributed by atoms with Gasteiger partial charge in [-0.05, 0) is 19.3 Å². The van der Waals surface area contributed by atoms with Crippen LogP contribution in [-0.4, -0.2) is 35.5 Å². The van der Waals surface area contributed by atoms with Crippen molar-refractivity contribution < 1.29 is 19.2 Å². The molecule has 1 fully saturated rings. The van der Waals surface area contributed by atoms with Gasteiger partial charge in [-0.15, -0.1) is 0 Å². The van der Waals surface area contributed by atoms with Crippen LogP contribution in [0, 0.1) is 0 Å². The van der Waals surface area contributed by atoms with E-state index in [9.17, 15) is 9.90 Å². The summed E-state index contributed by atoms with van der Waals surface area (Å²) >= 11 is 0. The minimum Gasteiger partial charge on any atom is -0.477 e. The molecular formula is C18H22N2O4. The fourth-order valence-corrected chi connectivity index (χ4v) is 2.98. The van der Waals surface area contributed by atoms with E-state index in [-0.39, 0.29) is 17.1 Å². The molecule has 6 heteroatoms. The smallest absolute Gasteiger partial charge is 0.343 e. The average Bonchev–Trinajstić information content (AvgIpc) is 3.24. The average molecular weight is 330 g/mol. The lowest BCUT2D eigenvalue weighted by atomic mass is 10.1. The first-order valence-corrected chi connectivity index (χ1v) is 8.39. The van der Waals surface area contributed by atoms with Gasteiger partial charge in [0.2, 0.25) is 0 Å². The fourth-order valence-electron chi connectivity index (χ4n) is 2.98. The highest BCUT2D eigenvalue weighted by Gasteiger charge is 2.23. The molecule has 0 unspecified atom stereocenters. The van der Waals surface area contributed by atoms with Crippen LogP contribution in [0.5, 0.6) is 0 Å². The highest BCUT2D eigenvalue weighted by atomic mass is 16.5. The number of hydrogen-bond acceptors (Lipinski definition) is 5. The Morgan fingerprint density at radius 1 is 1.29 bits per heavy atom. The monoisotopic (exact) mass is 330 g/mol. The van der Waals surface area contributed by atoms with E-state index >= 15 is 0 Å². The zero-order chi connectivity index (χ0) is 16.8. The van der Waals surface area contributed by atoms with Crippen LogP contribution in [0.15, 0.2) is 34.9 Å². The van der Waals surface area contributed by atoms with Gasteiger partial charge in [0.05, 0.1) is 6.10 Å². The third kappa shape index (κ3) is 3.94. The first-order valence-electron chi connectivity index (χ1n) is 8.39. The molecule has 0 bridgehead atoms. The molecule has 1 aliphatic rings. The number of ether oxygens (including phenoxy) is 1. The molecule has 3 rings (SSSR count). The Kier molecular flexibility index (Phi) is 5.48. The van der Waals surface area contributed by atoms with Crippen LogP contribution in [0.4, 0.5) is 5.82 Å². The highest BCUT2D eigenvalue weighted by Crippen LogP contribution is 2.29. The summed E-state index contributed by atoms with van der Waals surface area (Å²) in [4.78, 5) is 11.6. The zero-order valence-corrected chi connectivity index (χ0v) is 13.5. The van der Waals surface area contributed by atoms with Crippen LogP contribution in [0.3, 0.4) is 0 Å². The maximum absolute atomic E-state index is 11.6. The summed E-state index contributed by atoms with van der Waals surface area (Å²) < 4.78 is 11.0. The van der Waals surface area contributed by atoms with E-state index in [1.165, 1.54) is 12.8 Å². The van der Waals surface area contributed by atoms with Gasteiger partial charge in [0, 0.05) is 18.7 Å². The van der Waals surface area contributed by atoms with Gasteiger partial charge in [0.15, 0.2) is 17.1 Å². The molecule has 1 saturated carbocycles. The lowest BCUT2D eigenvalue weighted by molar-refractivity contribution is 0.0583. The molecule has 0 radical (unpaired) electrons. The summed E-state index contributed by atoms with van der Waals surface area (Å²) in [6.07, 6.45) is 6.01. The Labute approximate surface area is 140 Å². The second kappa shape index (κ2) is 7.97. The molecule has 0 aliphatic heterocycles. The van der Waals surface area contributed by atoms with Gasteiger partial charge in [0.25, 0.3) is 0 Å². The first-order chi connectivity index (χ1) is 11.8. The number of aromatic nitrogens is 1. The molecule has 0 saturated heterocycles. The van der Waals surface area contributed by atoms with Crippen molar-refractivity contribution in [3.63, 3.8) is 0 Å². The molecule has 24 heavy (non-hydrogen) atoms. The molecule has 2 aromatic rings. The summed E-state index contributed by atoms with van der Waals surface area (Å²) in [7, 11) is 0. The lowest BCUT2D eigenvalue weighted by Crippen LogP contribution is -2.13. The lowest BCUT2D eigenvalue weighted by Gasteiger charge is -2.10. The van der Waals surface area contributed by atoms with Gasteiger partial charge in [0.1, 0.15) is 0 Å². The van der Waals surface area contributed by atoms with Gasteiger partial charge in [-0.3, -0.25) is 0 Å². The number of carboxylic acids is 1. The second-order valence-corrected chi connectivity index (χ2v) is 5.96. The standard InChI is InChI=1S/C18H22N2O4/c21-18(22)15-16(13-7-2-1-3-8-13)24-20-17(15)19-11-6-12-23-14-9-4-5-10-14/h1-3,7-8,14H,4-6,9-12H2,(H,19,20)(H,21,22). The van der Waals surface area contributed by atoms with Gasteiger partial charge in [-0.1, -0.05) is 48.3 Å². The minimum atomic E-state index is -1.06. The molecule has 1 aliphatic carbocycles. The number of benzene rings is 1. The number of hydrogen-bond donors (Lipinski definition) is 2. The molecule has 1 aromatic carbocycles. The fraction of sp³-hybridized carbons (Fsp3) is 0.444. The van der Waals surface area contributed by atoms with Crippen LogP contribution in [0.2, 0.25) is 0 Å². The summed E-state index contributed by atoms with van der Waals surface area (Å²) in [6, 6.07) is 9.12. The number of carbonyl (C=O) groups is 1. The van der Waals surface area contributed by atoms with Crippen molar-refractivity contribution in [2.24, 2.45) is 0 Å². The van der Waals surface area contributed by atoms with E-state index in [1.807, 2.05) is 18.2 Å². The summed E-state index contributed by atoms with van der Waals surface area (Å²) in [5, 5.41) is 16.4. The van der Waals surface area contributed by atoms with Gasteiger partial charge in [-0.25, -0.2) is 4.79 Å². The van der Waals surface area contributed by atoms with Crippen molar-refractivity contribution in [2.75, 3.05) is 18.5 Å². The summed E-state index contributed by atoms with van der Waals surface area (Å²) in [5.41, 5.74) is 0.762. The largest absolute Gasteiger partial charge is 0.477 e. The second-order valence-electron chi connectivity index (χ2n) is 5.96. The topological polar surface area (TPSA) is 84.6 Å².